The van der Waals surface area contributed by atoms with Crippen molar-refractivity contribution >= 4 is 33.9 Å². The number of carbonyl (C=O) groups excluding carboxylic acids is 1. The molecular formula is C16H8BrF2NO2. The topological polar surface area (TPSA) is 38.7 Å². The lowest BCUT2D eigenvalue weighted by molar-refractivity contribution is -0.129. The second-order valence-corrected chi connectivity index (χ2v) is 5.43. The molecule has 3 rings (SSSR count). The van der Waals surface area contributed by atoms with Gasteiger partial charge in [0.15, 0.2) is 5.70 Å². The van der Waals surface area contributed by atoms with Crippen LogP contribution in [0.3, 0.4) is 0 Å². The van der Waals surface area contributed by atoms with Gasteiger partial charge in [0.2, 0.25) is 5.90 Å². The zero-order chi connectivity index (χ0) is 15.7. The van der Waals surface area contributed by atoms with Gasteiger partial charge in [0.05, 0.1) is 0 Å². The molecule has 22 heavy (non-hydrogen) atoms. The summed E-state index contributed by atoms with van der Waals surface area (Å²) in [6.45, 7) is 0. The highest BCUT2D eigenvalue weighted by molar-refractivity contribution is 9.10. The number of aliphatic imine (C=N–C) groups is 1. The van der Waals surface area contributed by atoms with Crippen LogP contribution < -0.4 is 0 Å². The van der Waals surface area contributed by atoms with Gasteiger partial charge in [-0.3, -0.25) is 0 Å². The summed E-state index contributed by atoms with van der Waals surface area (Å²) in [6.07, 6.45) is 1.29. The number of hydrogen-bond donors (Lipinski definition) is 0. The van der Waals surface area contributed by atoms with Crippen LogP contribution in [0.4, 0.5) is 8.78 Å². The lowest BCUT2D eigenvalue weighted by Gasteiger charge is -1.98. The van der Waals surface area contributed by atoms with E-state index in [9.17, 15) is 13.6 Å². The highest BCUT2D eigenvalue weighted by Crippen LogP contribution is 2.22. The van der Waals surface area contributed by atoms with Gasteiger partial charge in [-0.1, -0.05) is 28.1 Å². The molecule has 0 saturated heterocycles. The molecule has 2 aromatic rings. The predicted octanol–water partition coefficient (Wildman–Crippen LogP) is 4.07. The summed E-state index contributed by atoms with van der Waals surface area (Å²) in [4.78, 5) is 15.8. The third kappa shape index (κ3) is 2.96. The summed E-state index contributed by atoms with van der Waals surface area (Å²) >= 11 is 3.15. The molecule has 1 aliphatic rings. The van der Waals surface area contributed by atoms with Gasteiger partial charge in [-0.2, -0.15) is 0 Å². The van der Waals surface area contributed by atoms with Crippen LogP contribution in [0, 0.1) is 11.6 Å². The third-order valence-corrected chi connectivity index (χ3v) is 3.44. The van der Waals surface area contributed by atoms with Crippen molar-refractivity contribution in [3.8, 4) is 0 Å². The monoisotopic (exact) mass is 363 g/mol. The Morgan fingerprint density at radius 1 is 1.14 bits per heavy atom. The molecule has 3 nitrogen and oxygen atoms in total. The molecular weight excluding hydrogens is 356 g/mol. The normalized spacial score (nSPS) is 15.9. The molecule has 0 unspecified atom stereocenters. The molecule has 1 aliphatic heterocycles. The molecule has 6 heteroatoms. The minimum absolute atomic E-state index is 0.00623. The van der Waals surface area contributed by atoms with E-state index < -0.39 is 17.6 Å². The summed E-state index contributed by atoms with van der Waals surface area (Å²) in [5, 5.41) is 0. The van der Waals surface area contributed by atoms with Crippen molar-refractivity contribution in [1.82, 2.24) is 0 Å². The molecule has 0 N–H and O–H groups in total. The zero-order valence-electron chi connectivity index (χ0n) is 11.0. The third-order valence-electron chi connectivity index (χ3n) is 2.95. The number of carbonyl (C=O) groups is 1. The molecule has 0 amide bonds. The molecule has 0 bridgehead atoms. The van der Waals surface area contributed by atoms with Crippen molar-refractivity contribution in [2.24, 2.45) is 4.99 Å². The van der Waals surface area contributed by atoms with Crippen molar-refractivity contribution in [2.45, 2.75) is 0 Å². The fraction of sp³-hybridized carbons (Fsp3) is 0. The number of benzene rings is 2. The standard InChI is InChI=1S/C16H8BrF2NO2/c17-11-5-4-9(13(19)8-11)7-14-16(21)22-15(20-14)10-2-1-3-12(18)6-10/h1-8H/b14-7-. The van der Waals surface area contributed by atoms with Crippen LogP contribution in [-0.2, 0) is 9.53 Å². The number of nitrogens with zero attached hydrogens (tertiary/aromatic N) is 1. The molecule has 0 fully saturated rings. The molecule has 0 radical (unpaired) electrons. The van der Waals surface area contributed by atoms with E-state index in [1.165, 1.54) is 36.4 Å². The van der Waals surface area contributed by atoms with Crippen LogP contribution >= 0.6 is 15.9 Å². The van der Waals surface area contributed by atoms with Gasteiger partial charge in [0.25, 0.3) is 0 Å². The van der Waals surface area contributed by atoms with Gasteiger partial charge in [-0.25, -0.2) is 18.6 Å². The summed E-state index contributed by atoms with van der Waals surface area (Å²) in [5.74, 6) is -1.67. The molecule has 0 aliphatic carbocycles. The Bertz CT molecular complexity index is 831. The molecule has 0 atom stereocenters. The van der Waals surface area contributed by atoms with E-state index in [1.54, 1.807) is 12.1 Å². The van der Waals surface area contributed by atoms with Crippen LogP contribution in [0.1, 0.15) is 11.1 Å². The molecule has 0 spiro atoms. The Hall–Kier alpha value is -2.34. The van der Waals surface area contributed by atoms with E-state index in [-0.39, 0.29) is 17.2 Å². The minimum Gasteiger partial charge on any atom is -0.402 e. The number of esters is 1. The Morgan fingerprint density at radius 3 is 2.68 bits per heavy atom. The van der Waals surface area contributed by atoms with Gasteiger partial charge < -0.3 is 4.74 Å². The van der Waals surface area contributed by atoms with E-state index >= 15 is 0 Å². The maximum Gasteiger partial charge on any atom is 0.363 e. The summed E-state index contributed by atoms with van der Waals surface area (Å²) in [7, 11) is 0. The lowest BCUT2D eigenvalue weighted by atomic mass is 10.2. The second kappa shape index (κ2) is 5.81. The summed E-state index contributed by atoms with van der Waals surface area (Å²) in [6, 6.07) is 9.96. The number of rotatable bonds is 2. The lowest BCUT2D eigenvalue weighted by Crippen LogP contribution is -2.05. The molecule has 0 aromatic heterocycles. The van der Waals surface area contributed by atoms with Crippen LogP contribution in [0.5, 0.6) is 0 Å². The highest BCUT2D eigenvalue weighted by Gasteiger charge is 2.24. The zero-order valence-corrected chi connectivity index (χ0v) is 12.6. The average molecular weight is 364 g/mol. The molecule has 110 valence electrons. The van der Waals surface area contributed by atoms with Crippen molar-refractivity contribution in [2.75, 3.05) is 0 Å². The van der Waals surface area contributed by atoms with Crippen molar-refractivity contribution in [1.29, 1.82) is 0 Å². The van der Waals surface area contributed by atoms with Crippen LogP contribution in [-0.4, -0.2) is 11.9 Å². The molecule has 2 aromatic carbocycles. The average Bonchev–Trinajstić information content (AvgIpc) is 2.83. The van der Waals surface area contributed by atoms with Crippen LogP contribution in [0.2, 0.25) is 0 Å². The minimum atomic E-state index is -0.707. The van der Waals surface area contributed by atoms with Crippen LogP contribution in [0.25, 0.3) is 6.08 Å². The van der Waals surface area contributed by atoms with E-state index in [2.05, 4.69) is 20.9 Å². The van der Waals surface area contributed by atoms with E-state index in [0.717, 1.165) is 0 Å². The number of ether oxygens (including phenoxy) is 1. The fourth-order valence-corrected chi connectivity index (χ4v) is 2.25. The maximum absolute atomic E-state index is 13.8. The Morgan fingerprint density at radius 2 is 1.95 bits per heavy atom. The predicted molar refractivity (Wildman–Crippen MR) is 81.1 cm³/mol. The smallest absolute Gasteiger partial charge is 0.363 e. The van der Waals surface area contributed by atoms with Gasteiger partial charge >= 0.3 is 5.97 Å². The first-order chi connectivity index (χ1) is 10.5. The fourth-order valence-electron chi connectivity index (χ4n) is 1.92. The van der Waals surface area contributed by atoms with E-state index in [4.69, 9.17) is 4.74 Å². The number of hydrogen-bond acceptors (Lipinski definition) is 3. The van der Waals surface area contributed by atoms with Gasteiger partial charge in [0.1, 0.15) is 11.6 Å². The summed E-state index contributed by atoms with van der Waals surface area (Å²) < 4.78 is 32.6. The Kier molecular flexibility index (Phi) is 3.85. The second-order valence-electron chi connectivity index (χ2n) is 4.51. The first kappa shape index (κ1) is 14.6. The summed E-state index contributed by atoms with van der Waals surface area (Å²) in [5.41, 5.74) is 0.507. The van der Waals surface area contributed by atoms with Gasteiger partial charge in [0, 0.05) is 15.6 Å². The number of halogens is 3. The van der Waals surface area contributed by atoms with Gasteiger partial charge in [-0.05, 0) is 36.4 Å². The molecule has 0 saturated carbocycles. The Balaban J connectivity index is 1.97. The first-order valence-corrected chi connectivity index (χ1v) is 7.06. The first-order valence-electron chi connectivity index (χ1n) is 6.26. The number of cyclic esters (lactones) is 1. The van der Waals surface area contributed by atoms with E-state index in [1.807, 2.05) is 0 Å². The Labute approximate surface area is 133 Å². The SMILES string of the molecule is O=C1OC(c2cccc(F)c2)=N/C1=C\c1ccc(Br)cc1F. The highest BCUT2D eigenvalue weighted by atomic mass is 79.9. The van der Waals surface area contributed by atoms with Crippen molar-refractivity contribution in [3.05, 3.63) is 75.4 Å². The van der Waals surface area contributed by atoms with E-state index in [0.29, 0.717) is 10.0 Å². The maximum atomic E-state index is 13.8. The van der Waals surface area contributed by atoms with Crippen molar-refractivity contribution < 1.29 is 18.3 Å². The quantitative estimate of drug-likeness (QED) is 0.595. The van der Waals surface area contributed by atoms with Crippen LogP contribution in [0.15, 0.2) is 57.6 Å². The van der Waals surface area contributed by atoms with Crippen molar-refractivity contribution in [3.63, 3.8) is 0 Å². The van der Waals surface area contributed by atoms with Gasteiger partial charge in [-0.15, -0.1) is 0 Å². The molecule has 1 heterocycles. The largest absolute Gasteiger partial charge is 0.402 e.